The standard InChI is InChI=1S/C17H20ClN3O5S2/c1-11(21-28(24,25)15-4-3-9-27-15)16(22)20-12-5-6-13(14(18)10-12)17(23)19-7-8-26-2/h3-6,9-11,21H,7-8H2,1-2H3,(H,19,23)(H,20,22). The molecule has 0 saturated heterocycles. The van der Waals surface area contributed by atoms with Gasteiger partial charge in [-0.25, -0.2) is 8.42 Å². The molecule has 0 fully saturated rings. The van der Waals surface area contributed by atoms with Crippen molar-refractivity contribution in [1.29, 1.82) is 0 Å². The molecule has 8 nitrogen and oxygen atoms in total. The zero-order valence-electron chi connectivity index (χ0n) is 15.2. The van der Waals surface area contributed by atoms with E-state index in [4.69, 9.17) is 16.3 Å². The molecule has 0 bridgehead atoms. The Labute approximate surface area is 172 Å². The number of ether oxygens (including phenoxy) is 1. The Morgan fingerprint density at radius 3 is 2.64 bits per heavy atom. The number of anilines is 1. The smallest absolute Gasteiger partial charge is 0.252 e. The summed E-state index contributed by atoms with van der Waals surface area (Å²) in [4.78, 5) is 24.3. The summed E-state index contributed by atoms with van der Waals surface area (Å²) in [6.45, 7) is 2.14. The van der Waals surface area contributed by atoms with Crippen LogP contribution in [0.4, 0.5) is 5.69 Å². The van der Waals surface area contributed by atoms with E-state index in [0.29, 0.717) is 18.8 Å². The van der Waals surface area contributed by atoms with E-state index in [0.717, 1.165) is 11.3 Å². The number of carbonyl (C=O) groups excluding carboxylic acids is 2. The molecule has 0 spiro atoms. The molecule has 0 aliphatic heterocycles. The van der Waals surface area contributed by atoms with Gasteiger partial charge in [0.25, 0.3) is 15.9 Å². The largest absolute Gasteiger partial charge is 0.383 e. The maximum absolute atomic E-state index is 12.3. The normalized spacial score (nSPS) is 12.4. The molecule has 152 valence electrons. The minimum Gasteiger partial charge on any atom is -0.383 e. The van der Waals surface area contributed by atoms with Gasteiger partial charge in [0, 0.05) is 19.3 Å². The van der Waals surface area contributed by atoms with Crippen LogP contribution in [0.5, 0.6) is 0 Å². The summed E-state index contributed by atoms with van der Waals surface area (Å²) in [5.41, 5.74) is 0.591. The second-order valence-corrected chi connectivity index (χ2v) is 9.00. The first-order chi connectivity index (χ1) is 13.2. The van der Waals surface area contributed by atoms with Gasteiger partial charge in [-0.2, -0.15) is 4.72 Å². The van der Waals surface area contributed by atoms with Gasteiger partial charge in [-0.1, -0.05) is 17.7 Å². The Morgan fingerprint density at radius 1 is 1.29 bits per heavy atom. The summed E-state index contributed by atoms with van der Waals surface area (Å²) in [5, 5.41) is 7.00. The molecule has 2 amide bonds. The minimum absolute atomic E-state index is 0.124. The van der Waals surface area contributed by atoms with Crippen molar-refractivity contribution in [2.24, 2.45) is 0 Å². The number of hydrogen-bond donors (Lipinski definition) is 3. The third-order valence-electron chi connectivity index (χ3n) is 3.56. The minimum atomic E-state index is -3.77. The van der Waals surface area contributed by atoms with E-state index in [1.54, 1.807) is 11.4 Å². The van der Waals surface area contributed by atoms with Crippen molar-refractivity contribution >= 4 is 50.5 Å². The fraction of sp³-hybridized carbons (Fsp3) is 0.294. The number of amides is 2. The molecule has 3 N–H and O–H groups in total. The molecule has 1 atom stereocenters. The van der Waals surface area contributed by atoms with Crippen molar-refractivity contribution in [2.45, 2.75) is 17.2 Å². The predicted molar refractivity (Wildman–Crippen MR) is 108 cm³/mol. The van der Waals surface area contributed by atoms with Crippen molar-refractivity contribution in [3.05, 3.63) is 46.3 Å². The third kappa shape index (κ3) is 6.01. The predicted octanol–water partition coefficient (Wildman–Crippen LogP) is 2.08. The molecule has 11 heteroatoms. The maximum Gasteiger partial charge on any atom is 0.252 e. The lowest BCUT2D eigenvalue weighted by molar-refractivity contribution is -0.117. The van der Waals surface area contributed by atoms with Crippen LogP contribution in [0.1, 0.15) is 17.3 Å². The van der Waals surface area contributed by atoms with Gasteiger partial charge in [-0.3, -0.25) is 9.59 Å². The number of hydrogen-bond acceptors (Lipinski definition) is 6. The monoisotopic (exact) mass is 445 g/mol. The van der Waals surface area contributed by atoms with Crippen LogP contribution in [0.2, 0.25) is 5.02 Å². The van der Waals surface area contributed by atoms with Gasteiger partial charge in [-0.05, 0) is 36.6 Å². The molecule has 2 aromatic rings. The molecule has 0 saturated carbocycles. The Hall–Kier alpha value is -1.98. The quantitative estimate of drug-likeness (QED) is 0.511. The molecule has 0 aliphatic carbocycles. The first-order valence-electron chi connectivity index (χ1n) is 8.18. The van der Waals surface area contributed by atoms with Crippen LogP contribution < -0.4 is 15.4 Å². The second kappa shape index (κ2) is 9.99. The topological polar surface area (TPSA) is 114 Å². The first-order valence-corrected chi connectivity index (χ1v) is 10.9. The lowest BCUT2D eigenvalue weighted by Crippen LogP contribution is -2.41. The van der Waals surface area contributed by atoms with Crippen LogP contribution >= 0.6 is 22.9 Å². The number of nitrogens with one attached hydrogen (secondary N) is 3. The zero-order chi connectivity index (χ0) is 20.7. The highest BCUT2D eigenvalue weighted by Gasteiger charge is 2.23. The van der Waals surface area contributed by atoms with Gasteiger partial charge in [0.15, 0.2) is 0 Å². The Kier molecular flexibility index (Phi) is 7.96. The van der Waals surface area contributed by atoms with Crippen LogP contribution in [0.25, 0.3) is 0 Å². The molecule has 0 aliphatic rings. The van der Waals surface area contributed by atoms with Crippen LogP contribution in [0.3, 0.4) is 0 Å². The summed E-state index contributed by atoms with van der Waals surface area (Å²) < 4.78 is 31.7. The Bertz CT molecular complexity index is 932. The summed E-state index contributed by atoms with van der Waals surface area (Å²) in [6.07, 6.45) is 0. The maximum atomic E-state index is 12.3. The lowest BCUT2D eigenvalue weighted by Gasteiger charge is -2.14. The molecule has 1 unspecified atom stereocenters. The van der Waals surface area contributed by atoms with E-state index in [-0.39, 0.29) is 20.7 Å². The Morgan fingerprint density at radius 2 is 2.04 bits per heavy atom. The second-order valence-electron chi connectivity index (χ2n) is 5.71. The third-order valence-corrected chi connectivity index (χ3v) is 6.81. The molecule has 1 aromatic heterocycles. The average molecular weight is 446 g/mol. The van der Waals surface area contributed by atoms with E-state index in [2.05, 4.69) is 15.4 Å². The number of carbonyl (C=O) groups is 2. The van der Waals surface area contributed by atoms with Crippen LogP contribution in [0.15, 0.2) is 39.9 Å². The van der Waals surface area contributed by atoms with Crippen molar-refractivity contribution in [2.75, 3.05) is 25.6 Å². The SMILES string of the molecule is COCCNC(=O)c1ccc(NC(=O)C(C)NS(=O)(=O)c2cccs2)cc1Cl. The fourth-order valence-corrected chi connectivity index (χ4v) is 4.63. The number of halogens is 1. The van der Waals surface area contributed by atoms with Gasteiger partial charge < -0.3 is 15.4 Å². The number of rotatable bonds is 9. The summed E-state index contributed by atoms with van der Waals surface area (Å²) in [6, 6.07) is 6.46. The van der Waals surface area contributed by atoms with E-state index in [1.807, 2.05) is 0 Å². The lowest BCUT2D eigenvalue weighted by atomic mass is 10.2. The van der Waals surface area contributed by atoms with Crippen molar-refractivity contribution in [3.8, 4) is 0 Å². The van der Waals surface area contributed by atoms with Crippen LogP contribution in [0, 0.1) is 0 Å². The molecule has 28 heavy (non-hydrogen) atoms. The zero-order valence-corrected chi connectivity index (χ0v) is 17.6. The molecule has 1 heterocycles. The summed E-state index contributed by atoms with van der Waals surface area (Å²) >= 11 is 7.18. The van der Waals surface area contributed by atoms with Crippen molar-refractivity contribution < 1.29 is 22.7 Å². The van der Waals surface area contributed by atoms with Crippen molar-refractivity contribution in [3.63, 3.8) is 0 Å². The van der Waals surface area contributed by atoms with Crippen molar-refractivity contribution in [1.82, 2.24) is 10.0 Å². The van der Waals surface area contributed by atoms with E-state index in [1.165, 1.54) is 38.3 Å². The number of thiophene rings is 1. The van der Waals surface area contributed by atoms with Crippen LogP contribution in [-0.4, -0.2) is 46.5 Å². The highest BCUT2D eigenvalue weighted by atomic mass is 35.5. The number of sulfonamides is 1. The van der Waals surface area contributed by atoms with E-state index in [9.17, 15) is 18.0 Å². The van der Waals surface area contributed by atoms with Gasteiger partial charge in [0.2, 0.25) is 5.91 Å². The van der Waals surface area contributed by atoms with Gasteiger partial charge in [0.05, 0.1) is 23.2 Å². The highest BCUT2D eigenvalue weighted by molar-refractivity contribution is 7.91. The molecular weight excluding hydrogens is 426 g/mol. The molecular formula is C17H20ClN3O5S2. The fourth-order valence-electron chi connectivity index (χ4n) is 2.15. The highest BCUT2D eigenvalue weighted by Crippen LogP contribution is 2.21. The Balaban J connectivity index is 2.00. The summed E-state index contributed by atoms with van der Waals surface area (Å²) in [5.74, 6) is -0.925. The van der Waals surface area contributed by atoms with Gasteiger partial charge in [-0.15, -0.1) is 11.3 Å². The van der Waals surface area contributed by atoms with Crippen LogP contribution in [-0.2, 0) is 19.6 Å². The first kappa shape index (κ1) is 22.3. The molecule has 0 radical (unpaired) electrons. The summed E-state index contributed by atoms with van der Waals surface area (Å²) in [7, 11) is -2.25. The number of benzene rings is 1. The molecule has 1 aromatic carbocycles. The van der Waals surface area contributed by atoms with Gasteiger partial charge in [0.1, 0.15) is 4.21 Å². The van der Waals surface area contributed by atoms with E-state index < -0.39 is 22.0 Å². The molecule has 2 rings (SSSR count). The number of methoxy groups -OCH3 is 1. The average Bonchev–Trinajstić information content (AvgIpc) is 3.17. The van der Waals surface area contributed by atoms with E-state index >= 15 is 0 Å². The van der Waals surface area contributed by atoms with Gasteiger partial charge >= 0.3 is 0 Å².